The summed E-state index contributed by atoms with van der Waals surface area (Å²) in [5.41, 5.74) is 17.7. The molecule has 0 N–H and O–H groups in total. The summed E-state index contributed by atoms with van der Waals surface area (Å²) in [6, 6.07) is 70.2. The molecule has 0 radical (unpaired) electrons. The Bertz CT molecular complexity index is 3510. The fourth-order valence-electron chi connectivity index (χ4n) is 11.2. The minimum absolute atomic E-state index is 0.424. The Morgan fingerprint density at radius 2 is 0.742 bits per heavy atom. The summed E-state index contributed by atoms with van der Waals surface area (Å²) in [5, 5.41) is 4.87. The zero-order chi connectivity index (χ0) is 40.2. The molecule has 0 amide bonds. The first-order valence-electron chi connectivity index (χ1n) is 21.3. The Morgan fingerprint density at radius 1 is 0.323 bits per heavy atom. The molecule has 0 fully saturated rings. The average Bonchev–Trinajstić information content (AvgIpc) is 3.72. The van der Waals surface area contributed by atoms with Gasteiger partial charge in [-0.15, -0.1) is 0 Å². The third-order valence-corrected chi connectivity index (χ3v) is 13.7. The van der Waals surface area contributed by atoms with Crippen molar-refractivity contribution < 1.29 is 9.31 Å². The van der Waals surface area contributed by atoms with Gasteiger partial charge in [-0.2, -0.15) is 0 Å². The number of hydrogen-bond acceptors (Lipinski definition) is 4. The van der Waals surface area contributed by atoms with Crippen LogP contribution in [0.5, 0.6) is 11.5 Å². The first kappa shape index (κ1) is 32.7. The molecule has 4 aliphatic rings. The second-order valence-electron chi connectivity index (χ2n) is 16.7. The van der Waals surface area contributed by atoms with Crippen molar-refractivity contribution >= 4 is 113 Å². The summed E-state index contributed by atoms with van der Waals surface area (Å²) in [5.74, 6) is 1.70. The van der Waals surface area contributed by atoms with E-state index >= 15 is 0 Å². The Hall–Kier alpha value is -8.09. The standard InChI is InChI=1S/C54H32B2N4O2/c1-3-15-33(16-4-1)57-45-29-27-37-35-19-7-9-21-41(35)59-43-23-11-13-25-49(43)61-55(51(45)53(37)59)39-31-40-48(32-47(39)57)58(34-17-5-2-6-18-34)46-30-28-38-36-20-8-10-22-42(36)60-44-24-12-14-26-50(44)62-56(40)52(46)54(38)60/h1-32H. The maximum Gasteiger partial charge on any atom is 0.432 e. The molecule has 6 nitrogen and oxygen atoms in total. The van der Waals surface area contributed by atoms with E-state index < -0.39 is 13.8 Å². The molecule has 286 valence electrons. The van der Waals surface area contributed by atoms with E-state index in [9.17, 15) is 0 Å². The molecule has 9 aromatic carbocycles. The predicted molar refractivity (Wildman–Crippen MR) is 256 cm³/mol. The average molecular weight is 790 g/mol. The van der Waals surface area contributed by atoms with Crippen molar-refractivity contribution in [1.82, 2.24) is 9.13 Å². The fourth-order valence-corrected chi connectivity index (χ4v) is 11.2. The summed E-state index contributed by atoms with van der Waals surface area (Å²) in [4.78, 5) is 4.90. The van der Waals surface area contributed by atoms with E-state index in [1.165, 1.54) is 32.6 Å². The van der Waals surface area contributed by atoms with Crippen molar-refractivity contribution in [3.8, 4) is 22.9 Å². The maximum absolute atomic E-state index is 7.47. The van der Waals surface area contributed by atoms with Gasteiger partial charge in [-0.3, -0.25) is 0 Å². The van der Waals surface area contributed by atoms with Gasteiger partial charge in [0.1, 0.15) is 11.5 Å². The highest BCUT2D eigenvalue weighted by Crippen LogP contribution is 2.48. The summed E-state index contributed by atoms with van der Waals surface area (Å²) < 4.78 is 19.8. The second-order valence-corrected chi connectivity index (χ2v) is 16.7. The molecule has 0 saturated heterocycles. The van der Waals surface area contributed by atoms with Gasteiger partial charge < -0.3 is 28.2 Å². The molecule has 4 aliphatic heterocycles. The number of rotatable bonds is 2. The Morgan fingerprint density at radius 3 is 1.23 bits per heavy atom. The van der Waals surface area contributed by atoms with Crippen LogP contribution in [-0.2, 0) is 0 Å². The van der Waals surface area contributed by atoms with Gasteiger partial charge in [-0.25, -0.2) is 0 Å². The first-order chi connectivity index (χ1) is 30.8. The van der Waals surface area contributed by atoms with E-state index in [1.54, 1.807) is 0 Å². The predicted octanol–water partition coefficient (Wildman–Crippen LogP) is 10.4. The lowest BCUT2D eigenvalue weighted by molar-refractivity contribution is 0.589. The van der Waals surface area contributed by atoms with Crippen LogP contribution >= 0.6 is 0 Å². The van der Waals surface area contributed by atoms with Crippen LogP contribution < -0.4 is 41.0 Å². The molecule has 0 unspecified atom stereocenters. The molecule has 62 heavy (non-hydrogen) atoms. The van der Waals surface area contributed by atoms with Gasteiger partial charge in [0, 0.05) is 66.6 Å². The third kappa shape index (κ3) is 4.07. The number of aromatic nitrogens is 2. The number of nitrogens with zero attached hydrogens (tertiary/aromatic N) is 4. The number of para-hydroxylation sites is 8. The lowest BCUT2D eigenvalue weighted by Gasteiger charge is -2.40. The van der Waals surface area contributed by atoms with Gasteiger partial charge in [-0.1, -0.05) is 115 Å². The maximum atomic E-state index is 7.47. The summed E-state index contributed by atoms with van der Waals surface area (Å²) in [6.07, 6.45) is 0. The highest BCUT2D eigenvalue weighted by molar-refractivity contribution is 6.89. The zero-order valence-corrected chi connectivity index (χ0v) is 33.2. The minimum atomic E-state index is -0.424. The lowest BCUT2D eigenvalue weighted by Crippen LogP contribution is -2.59. The molecule has 6 heterocycles. The van der Waals surface area contributed by atoms with Crippen molar-refractivity contribution in [3.63, 3.8) is 0 Å². The van der Waals surface area contributed by atoms with Crippen LogP contribution in [0.3, 0.4) is 0 Å². The minimum Gasteiger partial charge on any atom is -0.550 e. The van der Waals surface area contributed by atoms with Crippen LogP contribution in [0.2, 0.25) is 0 Å². The van der Waals surface area contributed by atoms with Crippen molar-refractivity contribution in [1.29, 1.82) is 0 Å². The summed E-state index contributed by atoms with van der Waals surface area (Å²) >= 11 is 0. The molecular weight excluding hydrogens is 758 g/mol. The monoisotopic (exact) mass is 790 g/mol. The molecular formula is C54H32B2N4O2. The van der Waals surface area contributed by atoms with Gasteiger partial charge in [0.25, 0.3) is 0 Å². The van der Waals surface area contributed by atoms with E-state index in [1.807, 2.05) is 0 Å². The largest absolute Gasteiger partial charge is 0.550 e. The fraction of sp³-hybridized carbons (Fsp3) is 0. The SMILES string of the molecule is c1ccc(N2c3cc4c(cc3B3Oc5ccccc5-n5c6ccccc6c6ccc2c3c65)B2Oc3ccccc3-n3c5ccccc5c5ccc(c2c53)N4c2ccccc2)cc1. The zero-order valence-electron chi connectivity index (χ0n) is 33.2. The normalized spacial score (nSPS) is 13.9. The molecule has 15 rings (SSSR count). The third-order valence-electron chi connectivity index (χ3n) is 13.7. The van der Waals surface area contributed by atoms with Crippen LogP contribution in [0.15, 0.2) is 194 Å². The number of benzene rings is 9. The molecule has 2 aromatic heterocycles. The Kier molecular flexibility index (Phi) is 6.23. The van der Waals surface area contributed by atoms with Crippen LogP contribution in [0.1, 0.15) is 0 Å². The molecule has 0 aliphatic carbocycles. The van der Waals surface area contributed by atoms with E-state index in [0.29, 0.717) is 0 Å². The number of fused-ring (bicyclic) bond motifs is 14. The number of anilines is 6. The van der Waals surface area contributed by atoms with Crippen molar-refractivity contribution in [2.24, 2.45) is 0 Å². The van der Waals surface area contributed by atoms with Crippen LogP contribution in [0.4, 0.5) is 34.1 Å². The Balaban J connectivity index is 1.09. The topological polar surface area (TPSA) is 34.8 Å². The quantitative estimate of drug-likeness (QED) is 0.163. The van der Waals surface area contributed by atoms with E-state index in [-0.39, 0.29) is 0 Å². The van der Waals surface area contributed by atoms with E-state index in [0.717, 1.165) is 89.9 Å². The van der Waals surface area contributed by atoms with Gasteiger partial charge in [-0.05, 0) is 89.8 Å². The Labute approximate surface area is 357 Å². The van der Waals surface area contributed by atoms with Crippen LogP contribution in [-0.4, -0.2) is 23.0 Å². The van der Waals surface area contributed by atoms with Crippen LogP contribution in [0.25, 0.3) is 55.0 Å². The van der Waals surface area contributed by atoms with Crippen molar-refractivity contribution in [2.75, 3.05) is 9.80 Å². The van der Waals surface area contributed by atoms with E-state index in [4.69, 9.17) is 9.31 Å². The molecule has 11 aromatic rings. The van der Waals surface area contributed by atoms with Crippen molar-refractivity contribution in [2.45, 2.75) is 0 Å². The smallest absolute Gasteiger partial charge is 0.432 e. The molecule has 0 bridgehead atoms. The van der Waals surface area contributed by atoms with Crippen LogP contribution in [0, 0.1) is 0 Å². The summed E-state index contributed by atoms with van der Waals surface area (Å²) in [6.45, 7) is -0.847. The summed E-state index contributed by atoms with van der Waals surface area (Å²) in [7, 11) is 0. The van der Waals surface area contributed by atoms with Gasteiger partial charge >= 0.3 is 13.8 Å². The van der Waals surface area contributed by atoms with Gasteiger partial charge in [0.2, 0.25) is 0 Å². The second kappa shape index (κ2) is 11.8. The molecule has 8 heteroatoms. The molecule has 0 spiro atoms. The van der Waals surface area contributed by atoms with Crippen molar-refractivity contribution in [3.05, 3.63) is 194 Å². The first-order valence-corrected chi connectivity index (χ1v) is 21.3. The molecule has 0 atom stereocenters. The van der Waals surface area contributed by atoms with Gasteiger partial charge in [0.05, 0.1) is 33.4 Å². The lowest BCUT2D eigenvalue weighted by atomic mass is 9.47. The number of hydrogen-bond donors (Lipinski definition) is 0. The highest BCUT2D eigenvalue weighted by atomic mass is 16.4. The van der Waals surface area contributed by atoms with Gasteiger partial charge in [0.15, 0.2) is 0 Å². The molecule has 0 saturated carbocycles. The van der Waals surface area contributed by atoms with E-state index in [2.05, 4.69) is 213 Å². The highest BCUT2D eigenvalue weighted by Gasteiger charge is 2.47.